The highest BCUT2D eigenvalue weighted by molar-refractivity contribution is 6.12. The van der Waals surface area contributed by atoms with Crippen LogP contribution >= 0.6 is 0 Å². The van der Waals surface area contributed by atoms with Crippen molar-refractivity contribution in [3.8, 4) is 124 Å². The van der Waals surface area contributed by atoms with Gasteiger partial charge in [-0.15, -0.1) is 0 Å². The number of hydrogen-bond donors (Lipinski definition) is 0. The van der Waals surface area contributed by atoms with Gasteiger partial charge < -0.3 is 9.13 Å². The van der Waals surface area contributed by atoms with E-state index in [2.05, 4.69) is 266 Å². The third kappa shape index (κ3) is 10.3. The van der Waals surface area contributed by atoms with Gasteiger partial charge in [0.1, 0.15) is 0 Å². The molecule has 0 unspecified atom stereocenters. The van der Waals surface area contributed by atoms with Crippen LogP contribution in [0.15, 0.2) is 315 Å². The number of benzene rings is 13. The number of rotatable bonds is 12. The number of hydrogen-bond acceptors (Lipinski definition) is 6. The average Bonchev–Trinajstić information content (AvgIpc) is 1.56. The molecule has 0 N–H and O–H groups in total. The predicted molar refractivity (Wildman–Crippen MR) is 386 cm³/mol. The van der Waals surface area contributed by atoms with Crippen LogP contribution in [-0.4, -0.2) is 39.0 Å². The van der Waals surface area contributed by atoms with Gasteiger partial charge >= 0.3 is 0 Å². The molecule has 0 saturated heterocycles. The van der Waals surface area contributed by atoms with Crippen LogP contribution in [0.3, 0.4) is 0 Å². The van der Waals surface area contributed by atoms with Gasteiger partial charge in [-0.1, -0.05) is 254 Å². The molecule has 0 saturated carbocycles. The summed E-state index contributed by atoms with van der Waals surface area (Å²) in [5.41, 5.74) is 22.7. The molecule has 4 aromatic heterocycles. The van der Waals surface area contributed by atoms with Gasteiger partial charge in [-0.05, 0) is 131 Å². The summed E-state index contributed by atoms with van der Waals surface area (Å²) in [6.45, 7) is 4.26. The van der Waals surface area contributed by atoms with Crippen molar-refractivity contribution in [2.45, 2.75) is 13.8 Å². The first-order chi connectivity index (χ1) is 46.4. The first kappa shape index (κ1) is 55.5. The summed E-state index contributed by atoms with van der Waals surface area (Å²) < 4.78 is 4.77. The van der Waals surface area contributed by atoms with Crippen LogP contribution in [0.25, 0.3) is 168 Å². The standard InChI is InChI=1S/C86H58N8/c1-55-34-38-57(39-35-55)65-42-45-78-73(52-65)71-30-15-17-32-76(71)93(78)70-50-68(49-69(51-70)85-89-81(59-20-7-3-8-21-59)87-82(90-85)60-22-9-4-10-23-60)64-29-19-28-63(48-64)67-44-47-80(75(54-67)86-91-83(61-24-11-5-12-25-61)88-84(92-86)62-26-13-6-14-27-62)94-77-33-18-16-31-72(77)74-53-66(43-46-79(74)94)58-40-36-56(2)37-41-58/h3-54H,1-2H3. The van der Waals surface area contributed by atoms with Crippen LogP contribution in [0.4, 0.5) is 0 Å². The van der Waals surface area contributed by atoms with Crippen LogP contribution in [0, 0.1) is 13.8 Å². The Labute approximate surface area is 544 Å². The molecular formula is C86H58N8. The van der Waals surface area contributed by atoms with Gasteiger partial charge in [0.25, 0.3) is 0 Å². The van der Waals surface area contributed by atoms with Gasteiger partial charge in [0.05, 0.1) is 27.8 Å². The monoisotopic (exact) mass is 1200 g/mol. The molecule has 0 amide bonds. The van der Waals surface area contributed by atoms with Crippen molar-refractivity contribution in [3.05, 3.63) is 327 Å². The number of aromatic nitrogens is 8. The molecule has 0 fully saturated rings. The maximum Gasteiger partial charge on any atom is 0.166 e. The Balaban J connectivity index is 0.879. The van der Waals surface area contributed by atoms with E-state index in [1.165, 1.54) is 22.3 Å². The lowest BCUT2D eigenvalue weighted by Crippen LogP contribution is -2.04. The average molecular weight is 1200 g/mol. The molecular weight excluding hydrogens is 1150 g/mol. The van der Waals surface area contributed by atoms with E-state index in [1.54, 1.807) is 0 Å². The Morgan fingerprint density at radius 3 is 1.02 bits per heavy atom. The summed E-state index contributed by atoms with van der Waals surface area (Å²) in [7, 11) is 0. The number of para-hydroxylation sites is 2. The van der Waals surface area contributed by atoms with E-state index in [1.807, 2.05) is 72.8 Å². The van der Waals surface area contributed by atoms with E-state index >= 15 is 0 Å². The predicted octanol–water partition coefficient (Wildman–Crippen LogP) is 21.5. The molecule has 8 heteroatoms. The smallest absolute Gasteiger partial charge is 0.166 e. The van der Waals surface area contributed by atoms with E-state index in [0.29, 0.717) is 34.9 Å². The lowest BCUT2D eigenvalue weighted by Gasteiger charge is -2.17. The summed E-state index contributed by atoms with van der Waals surface area (Å²) in [4.78, 5) is 31.8. The van der Waals surface area contributed by atoms with E-state index < -0.39 is 0 Å². The fourth-order valence-electron chi connectivity index (χ4n) is 13.2. The molecule has 94 heavy (non-hydrogen) atoms. The lowest BCUT2D eigenvalue weighted by atomic mass is 9.95. The minimum atomic E-state index is 0.555. The first-order valence-electron chi connectivity index (χ1n) is 31.7. The third-order valence-electron chi connectivity index (χ3n) is 18.0. The fourth-order valence-corrected chi connectivity index (χ4v) is 13.2. The van der Waals surface area contributed by atoms with Gasteiger partial charge in [-0.3, -0.25) is 0 Å². The highest BCUT2D eigenvalue weighted by Gasteiger charge is 2.23. The molecule has 0 spiro atoms. The lowest BCUT2D eigenvalue weighted by molar-refractivity contribution is 1.06. The van der Waals surface area contributed by atoms with Crippen LogP contribution in [0.2, 0.25) is 0 Å². The second-order valence-electron chi connectivity index (χ2n) is 24.1. The van der Waals surface area contributed by atoms with Crippen molar-refractivity contribution in [2.75, 3.05) is 0 Å². The molecule has 4 heterocycles. The zero-order valence-electron chi connectivity index (χ0n) is 51.6. The second-order valence-corrected chi connectivity index (χ2v) is 24.1. The topological polar surface area (TPSA) is 87.2 Å². The Morgan fingerprint density at radius 2 is 0.532 bits per heavy atom. The molecule has 0 aliphatic rings. The van der Waals surface area contributed by atoms with E-state index in [-0.39, 0.29) is 0 Å². The summed E-state index contributed by atoms with van der Waals surface area (Å²) in [5, 5.41) is 4.63. The quantitative estimate of drug-likeness (QED) is 0.121. The Hall–Kier alpha value is -12.5. The molecule has 17 rings (SSSR count). The van der Waals surface area contributed by atoms with Crippen molar-refractivity contribution in [2.24, 2.45) is 0 Å². The maximum atomic E-state index is 5.43. The van der Waals surface area contributed by atoms with Crippen molar-refractivity contribution in [3.63, 3.8) is 0 Å². The third-order valence-corrected chi connectivity index (χ3v) is 18.0. The molecule has 0 bridgehead atoms. The number of fused-ring (bicyclic) bond motifs is 6. The Kier molecular flexibility index (Phi) is 13.8. The van der Waals surface area contributed by atoms with Gasteiger partial charge in [0.2, 0.25) is 0 Å². The van der Waals surface area contributed by atoms with Crippen molar-refractivity contribution in [1.29, 1.82) is 0 Å². The highest BCUT2D eigenvalue weighted by Crippen LogP contribution is 2.43. The van der Waals surface area contributed by atoms with Gasteiger partial charge in [-0.2, -0.15) is 0 Å². The zero-order chi connectivity index (χ0) is 62.6. The van der Waals surface area contributed by atoms with Crippen LogP contribution in [-0.2, 0) is 0 Å². The second kappa shape index (κ2) is 23.4. The minimum absolute atomic E-state index is 0.555. The molecule has 0 aliphatic carbocycles. The van der Waals surface area contributed by atoms with Crippen LogP contribution < -0.4 is 0 Å². The fraction of sp³-hybridized carbons (Fsp3) is 0.0233. The Bertz CT molecular complexity index is 5610. The number of nitrogens with zero attached hydrogens (tertiary/aromatic N) is 8. The summed E-state index contributed by atoms with van der Waals surface area (Å²) in [6, 6.07) is 112. The normalized spacial score (nSPS) is 11.5. The van der Waals surface area contributed by atoms with Crippen molar-refractivity contribution in [1.82, 2.24) is 39.0 Å². The molecule has 8 nitrogen and oxygen atoms in total. The van der Waals surface area contributed by atoms with E-state index in [9.17, 15) is 0 Å². The summed E-state index contributed by atoms with van der Waals surface area (Å²) >= 11 is 0. The van der Waals surface area contributed by atoms with Gasteiger partial charge in [-0.25, -0.2) is 29.9 Å². The molecule has 442 valence electrons. The Morgan fingerprint density at radius 1 is 0.202 bits per heavy atom. The summed E-state index contributed by atoms with van der Waals surface area (Å²) in [6.07, 6.45) is 0. The molecule has 13 aromatic carbocycles. The molecule has 17 aromatic rings. The molecule has 0 radical (unpaired) electrons. The van der Waals surface area contributed by atoms with E-state index in [0.717, 1.165) is 122 Å². The molecule has 0 atom stereocenters. The van der Waals surface area contributed by atoms with Gasteiger partial charge in [0.15, 0.2) is 34.9 Å². The van der Waals surface area contributed by atoms with E-state index in [4.69, 9.17) is 29.9 Å². The van der Waals surface area contributed by atoms with Crippen molar-refractivity contribution >= 4 is 43.6 Å². The SMILES string of the molecule is Cc1ccc(-c2ccc3c(c2)c2ccccc2n3-c2cc(-c3cccc(-c4ccc(-n5c6ccccc6c6cc(-c7ccc(C)cc7)ccc65)c(-c5nc(-c6ccccc6)nc(-c6ccccc6)n5)c4)c3)cc(-c3nc(-c4ccccc4)nc(-c4ccccc4)n3)c2)cc1. The highest BCUT2D eigenvalue weighted by atomic mass is 15.1. The zero-order valence-corrected chi connectivity index (χ0v) is 51.6. The van der Waals surface area contributed by atoms with Gasteiger partial charge in [0, 0.05) is 60.6 Å². The molecule has 0 aliphatic heterocycles. The van der Waals surface area contributed by atoms with Crippen molar-refractivity contribution < 1.29 is 0 Å². The first-order valence-corrected chi connectivity index (χ1v) is 31.7. The van der Waals surface area contributed by atoms with Crippen LogP contribution in [0.5, 0.6) is 0 Å². The largest absolute Gasteiger partial charge is 0.309 e. The number of aryl methyl sites for hydroxylation is 2. The van der Waals surface area contributed by atoms with Crippen LogP contribution in [0.1, 0.15) is 11.1 Å². The summed E-state index contributed by atoms with van der Waals surface area (Å²) in [5.74, 6) is 3.48. The maximum absolute atomic E-state index is 5.43. The minimum Gasteiger partial charge on any atom is -0.309 e.